The summed E-state index contributed by atoms with van der Waals surface area (Å²) >= 11 is 0. The van der Waals surface area contributed by atoms with Crippen molar-refractivity contribution >= 4 is 40.2 Å². The first-order valence-electron chi connectivity index (χ1n) is 14.6. The standard InChI is InChI=1S/C35H40N4O6/c1-23(27-18-12-15-25-13-6-8-16-28(25)27)39-32(42)29-17-9-7-14-26(29)21-38-34(44)33(43)36-20-11-10-19-30(40)24(2)37-22-31(41)45-35(3,4)5/h6-10,12-19,23,37H,2,11,20-22H2,1,3-5H3,(H,36,43)(H,38,44)(H,39,42)/b19-10+/t23-/m1/s1. The molecule has 0 bridgehead atoms. The van der Waals surface area contributed by atoms with E-state index >= 15 is 0 Å². The smallest absolute Gasteiger partial charge is 0.325 e. The molecule has 0 spiro atoms. The number of fused-ring (bicyclic) bond motifs is 1. The molecule has 4 N–H and O–H groups in total. The van der Waals surface area contributed by atoms with Gasteiger partial charge < -0.3 is 26.0 Å². The van der Waals surface area contributed by atoms with Gasteiger partial charge in [-0.3, -0.25) is 24.0 Å². The lowest BCUT2D eigenvalue weighted by Crippen LogP contribution is -2.40. The van der Waals surface area contributed by atoms with Crippen LogP contribution in [0.5, 0.6) is 0 Å². The number of benzene rings is 3. The summed E-state index contributed by atoms with van der Waals surface area (Å²) in [6.45, 7) is 10.6. The lowest BCUT2D eigenvalue weighted by molar-refractivity contribution is -0.153. The van der Waals surface area contributed by atoms with Crippen LogP contribution < -0.4 is 21.3 Å². The Labute approximate surface area is 263 Å². The van der Waals surface area contributed by atoms with Crippen LogP contribution in [0.1, 0.15) is 61.6 Å². The van der Waals surface area contributed by atoms with Gasteiger partial charge in [0.05, 0.1) is 11.7 Å². The van der Waals surface area contributed by atoms with Gasteiger partial charge >= 0.3 is 17.8 Å². The molecule has 0 aliphatic carbocycles. The zero-order valence-electron chi connectivity index (χ0n) is 26.1. The molecule has 0 aromatic heterocycles. The second-order valence-corrected chi connectivity index (χ2v) is 11.3. The first kappa shape index (κ1) is 34.2. The summed E-state index contributed by atoms with van der Waals surface area (Å²) in [6.07, 6.45) is 3.07. The topological polar surface area (TPSA) is 143 Å². The van der Waals surface area contributed by atoms with Crippen molar-refractivity contribution in [2.75, 3.05) is 13.1 Å². The first-order chi connectivity index (χ1) is 21.4. The minimum absolute atomic E-state index is 0.0225. The molecule has 45 heavy (non-hydrogen) atoms. The number of ketones is 1. The predicted octanol–water partition coefficient (Wildman–Crippen LogP) is 4.02. The highest BCUT2D eigenvalue weighted by atomic mass is 16.6. The van der Waals surface area contributed by atoms with Gasteiger partial charge in [0.1, 0.15) is 12.1 Å². The number of amides is 3. The molecule has 10 heteroatoms. The van der Waals surface area contributed by atoms with Gasteiger partial charge in [-0.05, 0) is 68.2 Å². The second-order valence-electron chi connectivity index (χ2n) is 11.3. The summed E-state index contributed by atoms with van der Waals surface area (Å²) in [7, 11) is 0. The van der Waals surface area contributed by atoms with Crippen molar-refractivity contribution in [3.8, 4) is 0 Å². The molecule has 0 aliphatic rings. The largest absolute Gasteiger partial charge is 0.459 e. The molecule has 0 saturated carbocycles. The molecule has 0 heterocycles. The van der Waals surface area contributed by atoms with E-state index in [-0.39, 0.29) is 43.7 Å². The van der Waals surface area contributed by atoms with Crippen LogP contribution in [0.25, 0.3) is 10.8 Å². The zero-order valence-corrected chi connectivity index (χ0v) is 26.1. The number of hydrogen-bond acceptors (Lipinski definition) is 7. The summed E-state index contributed by atoms with van der Waals surface area (Å²) in [5.74, 6) is -2.94. The lowest BCUT2D eigenvalue weighted by atomic mass is 9.99. The quantitative estimate of drug-likeness (QED) is 0.0988. The van der Waals surface area contributed by atoms with Crippen molar-refractivity contribution < 1.29 is 28.7 Å². The fourth-order valence-corrected chi connectivity index (χ4v) is 4.42. The fourth-order valence-electron chi connectivity index (χ4n) is 4.42. The van der Waals surface area contributed by atoms with Crippen molar-refractivity contribution in [1.29, 1.82) is 0 Å². The van der Waals surface area contributed by atoms with Crippen molar-refractivity contribution in [3.63, 3.8) is 0 Å². The van der Waals surface area contributed by atoms with E-state index in [9.17, 15) is 24.0 Å². The molecular weight excluding hydrogens is 572 g/mol. The van der Waals surface area contributed by atoms with Crippen LogP contribution in [0.2, 0.25) is 0 Å². The molecule has 0 aliphatic heterocycles. The van der Waals surface area contributed by atoms with Gasteiger partial charge in [0, 0.05) is 18.7 Å². The van der Waals surface area contributed by atoms with Crippen LogP contribution in [0.3, 0.4) is 0 Å². The summed E-state index contributed by atoms with van der Waals surface area (Å²) < 4.78 is 5.16. The van der Waals surface area contributed by atoms with Crippen LogP contribution in [0.4, 0.5) is 0 Å². The van der Waals surface area contributed by atoms with E-state index in [0.717, 1.165) is 16.3 Å². The summed E-state index contributed by atoms with van der Waals surface area (Å²) in [4.78, 5) is 61.8. The Balaban J connectivity index is 1.44. The van der Waals surface area contributed by atoms with Crippen molar-refractivity contribution in [2.45, 2.75) is 52.3 Å². The minimum atomic E-state index is -0.853. The third-order valence-electron chi connectivity index (χ3n) is 6.57. The first-order valence-corrected chi connectivity index (χ1v) is 14.6. The highest BCUT2D eigenvalue weighted by molar-refractivity contribution is 6.35. The molecule has 0 unspecified atom stereocenters. The van der Waals surface area contributed by atoms with E-state index < -0.39 is 29.2 Å². The molecule has 3 amide bonds. The molecule has 0 radical (unpaired) electrons. The average Bonchev–Trinajstić information content (AvgIpc) is 3.00. The van der Waals surface area contributed by atoms with Gasteiger partial charge in [-0.15, -0.1) is 0 Å². The number of carbonyl (C=O) groups is 5. The molecule has 0 saturated heterocycles. The van der Waals surface area contributed by atoms with Crippen molar-refractivity contribution in [2.24, 2.45) is 0 Å². The van der Waals surface area contributed by atoms with Gasteiger partial charge in [0.15, 0.2) is 0 Å². The number of carbonyl (C=O) groups excluding carboxylic acids is 5. The van der Waals surface area contributed by atoms with E-state index in [1.54, 1.807) is 45.0 Å². The summed E-state index contributed by atoms with van der Waals surface area (Å²) in [5.41, 5.74) is 1.33. The van der Waals surface area contributed by atoms with E-state index in [2.05, 4.69) is 27.8 Å². The lowest BCUT2D eigenvalue weighted by Gasteiger charge is -2.19. The number of rotatable bonds is 13. The molecule has 10 nitrogen and oxygen atoms in total. The molecule has 3 rings (SSSR count). The monoisotopic (exact) mass is 612 g/mol. The number of ether oxygens (including phenoxy) is 1. The summed E-state index contributed by atoms with van der Waals surface area (Å²) in [6, 6.07) is 20.5. The van der Waals surface area contributed by atoms with Gasteiger partial charge in [0.2, 0.25) is 5.78 Å². The molecular formula is C35H40N4O6. The highest BCUT2D eigenvalue weighted by Crippen LogP contribution is 2.24. The minimum Gasteiger partial charge on any atom is -0.459 e. The maximum absolute atomic E-state index is 13.2. The Morgan fingerprint density at radius 3 is 2.29 bits per heavy atom. The Morgan fingerprint density at radius 1 is 0.867 bits per heavy atom. The second kappa shape index (κ2) is 16.0. The Bertz CT molecular complexity index is 1600. The number of hydrogen-bond donors (Lipinski definition) is 4. The van der Waals surface area contributed by atoms with Crippen LogP contribution in [-0.2, 0) is 30.5 Å². The fraction of sp³-hybridized carbons (Fsp3) is 0.286. The van der Waals surface area contributed by atoms with Crippen molar-refractivity contribution in [3.05, 3.63) is 108 Å². The normalized spacial score (nSPS) is 11.8. The Morgan fingerprint density at radius 2 is 1.53 bits per heavy atom. The van der Waals surface area contributed by atoms with Gasteiger partial charge in [-0.1, -0.05) is 73.3 Å². The van der Waals surface area contributed by atoms with Gasteiger partial charge in [-0.2, -0.15) is 0 Å². The van der Waals surface area contributed by atoms with E-state index in [0.29, 0.717) is 11.1 Å². The van der Waals surface area contributed by atoms with E-state index in [1.807, 2.05) is 49.4 Å². The SMILES string of the molecule is C=C(NCC(=O)OC(C)(C)C)C(=O)/C=C/CCNC(=O)C(=O)NCc1ccccc1C(=O)N[C@H](C)c1cccc2ccccc12. The maximum Gasteiger partial charge on any atom is 0.325 e. The van der Waals surface area contributed by atoms with Crippen LogP contribution >= 0.6 is 0 Å². The van der Waals surface area contributed by atoms with Crippen molar-refractivity contribution in [1.82, 2.24) is 21.3 Å². The molecule has 1 atom stereocenters. The van der Waals surface area contributed by atoms with Crippen LogP contribution in [-0.4, -0.2) is 48.2 Å². The molecule has 3 aromatic rings. The Kier molecular flexibility index (Phi) is 12.2. The Hall–Kier alpha value is -5.25. The average molecular weight is 613 g/mol. The molecule has 236 valence electrons. The zero-order chi connectivity index (χ0) is 33.0. The number of esters is 1. The van der Waals surface area contributed by atoms with Crippen LogP contribution in [0.15, 0.2) is 91.2 Å². The van der Waals surface area contributed by atoms with Crippen LogP contribution in [0, 0.1) is 0 Å². The third-order valence-corrected chi connectivity index (χ3v) is 6.57. The molecule has 0 fully saturated rings. The molecule has 3 aromatic carbocycles. The number of nitrogens with one attached hydrogen (secondary N) is 4. The van der Waals surface area contributed by atoms with Gasteiger partial charge in [0.25, 0.3) is 5.91 Å². The van der Waals surface area contributed by atoms with E-state index in [1.165, 1.54) is 12.2 Å². The predicted molar refractivity (Wildman–Crippen MR) is 173 cm³/mol. The summed E-state index contributed by atoms with van der Waals surface area (Å²) in [5, 5.41) is 12.8. The highest BCUT2D eigenvalue weighted by Gasteiger charge is 2.19. The van der Waals surface area contributed by atoms with E-state index in [4.69, 9.17) is 4.74 Å². The maximum atomic E-state index is 13.2. The number of allylic oxidation sites excluding steroid dienone is 1. The third kappa shape index (κ3) is 10.8. The van der Waals surface area contributed by atoms with Gasteiger partial charge in [-0.25, -0.2) is 0 Å².